The maximum Gasteiger partial charge on any atom is 0.427 e. The number of hydrogen-bond donors (Lipinski definition) is 6. The molecule has 7 rings (SSSR count). The van der Waals surface area contributed by atoms with Gasteiger partial charge in [-0.2, -0.15) is 12.8 Å². The van der Waals surface area contributed by atoms with Crippen LogP contribution in [-0.2, 0) is 88.7 Å². The fourth-order valence-corrected chi connectivity index (χ4v) is 8.28. The molecule has 0 saturated carbocycles. The molecule has 0 spiro atoms. The van der Waals surface area contributed by atoms with E-state index in [1.807, 2.05) is 154 Å². The number of benzene rings is 7. The van der Waals surface area contributed by atoms with Gasteiger partial charge in [-0.1, -0.05) is 151 Å². The molecule has 0 bridgehead atoms. The molecule has 6 amide bonds. The first-order valence-corrected chi connectivity index (χ1v) is 38.9. The maximum atomic E-state index is 13.0. The molecule has 0 aliphatic heterocycles. The Morgan fingerprint density at radius 1 is 0.509 bits per heavy atom. The van der Waals surface area contributed by atoms with Gasteiger partial charge >= 0.3 is 18.0 Å². The molecular formula is C79H106I5N7O13W2-2. The van der Waals surface area contributed by atoms with E-state index in [-0.39, 0.29) is 72.9 Å². The molecule has 106 heavy (non-hydrogen) atoms. The number of carbonyl (C=O) groups is 7. The van der Waals surface area contributed by atoms with E-state index in [1.54, 1.807) is 143 Å². The van der Waals surface area contributed by atoms with Crippen molar-refractivity contribution < 1.29 is 105 Å². The number of carboxylic acids is 1. The predicted molar refractivity (Wildman–Crippen MR) is 466 cm³/mol. The fourth-order valence-electron chi connectivity index (χ4n) is 6.48. The van der Waals surface area contributed by atoms with Gasteiger partial charge in [0, 0.05) is 95.4 Å². The number of ketones is 1. The van der Waals surface area contributed by atoms with Crippen molar-refractivity contribution in [2.24, 2.45) is 10.7 Å². The average Bonchev–Trinajstić information content (AvgIpc) is 0.833. The number of anilines is 2. The molecule has 7 N–H and O–H groups in total. The standard InChI is InChI=1S/C22H23IN3O5.C14H19N2O3.C8H4INO2.C7H6INO.C7H5IO2.C7H7I.7C2H6.2W/c1-22(2,3)31-21(30)25-26(18-6-4-5-15(11-18)13-24-14-27)20(29)12-19(28)16-7-9-17(23)10-8-16;1-14(2,3)19-13(18)9-16-12-6-4-5-11(7-12)8-15-10-17;9-7-3-1-6(2-4-7)8(12)10-5-11;2*8-6-3-1-5(2-4-6)7(9)10;1-6-2-4-7(8)5-3-6;7*1-2;;/h4-11H,12-13H2,1-3H3,(H,24,27)(H,25,30);4-7,16H,8-9H2,1-3H3,(H,15,17);1-4H;1-4H,(H2,9,10);1-4H,(H,9,10);2-5H,1H3;7*1-2H3;;/q2*-1;;;;;;;;;;;;;. The van der Waals surface area contributed by atoms with Crippen LogP contribution in [0.5, 0.6) is 0 Å². The van der Waals surface area contributed by atoms with Gasteiger partial charge in [0.1, 0.15) is 17.7 Å². The summed E-state index contributed by atoms with van der Waals surface area (Å²) in [6.45, 7) is 41.4. The van der Waals surface area contributed by atoms with Gasteiger partial charge in [0.05, 0.1) is 17.7 Å². The summed E-state index contributed by atoms with van der Waals surface area (Å²) >= 11 is 10.8. The van der Waals surface area contributed by atoms with Crippen molar-refractivity contribution in [3.63, 3.8) is 0 Å². The van der Waals surface area contributed by atoms with Crippen molar-refractivity contribution in [3.8, 4) is 0 Å². The summed E-state index contributed by atoms with van der Waals surface area (Å²) in [5.41, 5.74) is 11.9. The van der Waals surface area contributed by atoms with Crippen LogP contribution in [0.1, 0.15) is 203 Å². The zero-order valence-corrected chi connectivity index (χ0v) is 81.2. The van der Waals surface area contributed by atoms with Gasteiger partial charge in [-0.15, -0.1) is 4.99 Å². The van der Waals surface area contributed by atoms with E-state index in [2.05, 4.69) is 171 Å². The number of amides is 6. The maximum absolute atomic E-state index is 13.0. The molecule has 0 aromatic heterocycles. The summed E-state index contributed by atoms with van der Waals surface area (Å²) in [5, 5.41) is 17.3. The minimum atomic E-state index is -0.878. The van der Waals surface area contributed by atoms with Crippen molar-refractivity contribution in [3.05, 3.63) is 227 Å². The van der Waals surface area contributed by atoms with Gasteiger partial charge in [-0.05, 0) is 294 Å². The quantitative estimate of drug-likeness (QED) is 0.00603. The molecule has 0 radical (unpaired) electrons. The number of aliphatic imine (C=N–C) groups is 1. The second-order valence-electron chi connectivity index (χ2n) is 20.2. The second kappa shape index (κ2) is 73.3. The molecule has 0 saturated heterocycles. The van der Waals surface area contributed by atoms with E-state index in [9.17, 15) is 47.9 Å². The number of isocyanates is 1. The van der Waals surface area contributed by atoms with Gasteiger partial charge < -0.3 is 45.9 Å². The number of hydrogen-bond acceptors (Lipinski definition) is 13. The molecule has 7 aromatic carbocycles. The number of aromatic carboxylic acids is 1. The monoisotopic (exact) mass is 2360 g/mol. The summed E-state index contributed by atoms with van der Waals surface area (Å²) < 4.78 is 15.9. The van der Waals surface area contributed by atoms with Crippen LogP contribution in [0.2, 0.25) is 0 Å². The van der Waals surface area contributed by atoms with E-state index >= 15 is 0 Å². The number of nitrogens with zero attached hydrogens (tertiary/aromatic N) is 2. The summed E-state index contributed by atoms with van der Waals surface area (Å²) in [6.07, 6.45) is 3.10. The van der Waals surface area contributed by atoms with Crippen molar-refractivity contribution >= 4 is 185 Å². The third kappa shape index (κ3) is 62.1. The Kier molecular flexibility index (Phi) is 80.2. The molecule has 27 heteroatoms. The van der Waals surface area contributed by atoms with Gasteiger partial charge in [-0.3, -0.25) is 24.0 Å². The van der Waals surface area contributed by atoms with Crippen LogP contribution in [0, 0.1) is 24.8 Å². The first kappa shape index (κ1) is 116. The summed E-state index contributed by atoms with van der Waals surface area (Å²) in [5.74, 6) is -3.14. The smallest absolute Gasteiger partial charge is 0.427 e. The Labute approximate surface area is 727 Å². The number of esters is 1. The first-order valence-electron chi connectivity index (χ1n) is 33.5. The van der Waals surface area contributed by atoms with Crippen LogP contribution in [0.15, 0.2) is 175 Å². The van der Waals surface area contributed by atoms with E-state index in [1.165, 1.54) is 15.2 Å². The van der Waals surface area contributed by atoms with Crippen LogP contribution < -0.4 is 32.1 Å². The van der Waals surface area contributed by atoms with E-state index in [0.29, 0.717) is 40.0 Å². The first-order chi connectivity index (χ1) is 49.4. The largest absolute Gasteiger partial charge is 0.526 e. The Balaban J connectivity index is -0.000000185. The molecule has 7 aromatic rings. The minimum absolute atomic E-state index is 0. The van der Waals surface area contributed by atoms with Crippen LogP contribution >= 0.6 is 113 Å². The number of rotatable bonds is 16. The Bertz CT molecular complexity index is 3470. The summed E-state index contributed by atoms with van der Waals surface area (Å²) in [7, 11) is 0. The molecule has 584 valence electrons. The topological polar surface area (TPSA) is 299 Å². The molecule has 0 unspecified atom stereocenters. The minimum Gasteiger partial charge on any atom is -0.526 e. The molecular weight excluding hydrogens is 2260 g/mol. The number of primary amides is 1. The van der Waals surface area contributed by atoms with Crippen LogP contribution in [-0.4, -0.2) is 83.3 Å². The second-order valence-corrected chi connectivity index (χ2v) is 26.4. The molecule has 0 atom stereocenters. The van der Waals surface area contributed by atoms with Gasteiger partial charge in [-0.25, -0.2) is 24.8 Å². The summed E-state index contributed by atoms with van der Waals surface area (Å²) in [4.78, 5) is 114. The van der Waals surface area contributed by atoms with Crippen molar-refractivity contribution in [2.75, 3.05) is 16.9 Å². The number of hydrazine groups is 1. The van der Waals surface area contributed by atoms with Gasteiger partial charge in [0.25, 0.3) is 11.8 Å². The fraction of sp³-hybridized carbons (Fsp3) is 0.342. The number of nitrogens with one attached hydrogen (secondary N) is 4. The molecule has 0 aliphatic rings. The third-order valence-electron chi connectivity index (χ3n) is 10.5. The molecule has 0 fully saturated rings. The summed E-state index contributed by atoms with van der Waals surface area (Å²) in [6, 6.07) is 49.9. The average molecular weight is 2360 g/mol. The predicted octanol–water partition coefficient (Wildman–Crippen LogP) is 20.0. The molecule has 20 nitrogen and oxygen atoms in total. The normalized spacial score (nSPS) is 8.89. The number of carbonyl (C=O) groups excluding carboxylic acids is 9. The molecule has 0 heterocycles. The third-order valence-corrected chi connectivity index (χ3v) is 14.1. The van der Waals surface area contributed by atoms with Crippen molar-refractivity contribution in [2.45, 2.75) is 176 Å². The Morgan fingerprint density at radius 2 is 0.868 bits per heavy atom. The van der Waals surface area contributed by atoms with Crippen LogP contribution in [0.25, 0.3) is 0 Å². The van der Waals surface area contributed by atoms with Crippen molar-refractivity contribution in [1.82, 2.24) is 16.1 Å². The van der Waals surface area contributed by atoms with Gasteiger partial charge in [0.2, 0.25) is 12.0 Å². The Morgan fingerprint density at radius 3 is 1.23 bits per heavy atom. The van der Waals surface area contributed by atoms with Gasteiger partial charge in [0.15, 0.2) is 5.78 Å². The number of carboxylic acid groups (broad SMARTS) is 1. The number of Topliss-reactive ketones (excluding diaryl/α,β-unsaturated/α-hetero) is 1. The number of ether oxygens (including phenoxy) is 2. The van der Waals surface area contributed by atoms with Crippen molar-refractivity contribution in [1.29, 1.82) is 0 Å². The van der Waals surface area contributed by atoms with E-state index in [0.717, 1.165) is 30.5 Å². The van der Waals surface area contributed by atoms with E-state index in [4.69, 9.17) is 20.3 Å². The molecule has 0 aliphatic carbocycles. The number of aryl methyl sites for hydroxylation is 1. The zero-order chi connectivity index (χ0) is 81.4. The Hall–Kier alpha value is -5.82. The number of halogens is 5. The van der Waals surface area contributed by atoms with Crippen LogP contribution in [0.3, 0.4) is 0 Å². The van der Waals surface area contributed by atoms with Crippen LogP contribution in [0.4, 0.5) is 16.2 Å². The van der Waals surface area contributed by atoms with E-state index < -0.39 is 41.5 Å². The SMILES string of the molecule is CC.CC.CC.CC.CC.CC.CC.CC(C)(C)OC(=O)CNc1cccc(CN[C-]=O)c1.CC(C)(C)OC(=O)NN(C(=O)CC(=O)c1ccc(I)cc1)c1cccc(CN[C-]=O)c1.Cc1ccc(I)cc1.NC(=O)c1ccc(I)cc1.O=C(O)c1ccc(I)cc1.O=C=NC(=O)c1ccc(I)cc1.[W].[W]. The zero-order valence-electron chi connectivity index (χ0n) is 64.5. The number of nitrogens with two attached hydrogens (primary N) is 1.